The van der Waals surface area contributed by atoms with Crippen LogP contribution in [0.25, 0.3) is 17.3 Å². The summed E-state index contributed by atoms with van der Waals surface area (Å²) in [5.41, 5.74) is 6.72. The zero-order valence-corrected chi connectivity index (χ0v) is 17.6. The predicted molar refractivity (Wildman–Crippen MR) is 117 cm³/mol. The van der Waals surface area contributed by atoms with Gasteiger partial charge in [-0.05, 0) is 73.6 Å². The second kappa shape index (κ2) is 6.62. The molecule has 0 atom stereocenters. The van der Waals surface area contributed by atoms with E-state index in [1.165, 1.54) is 5.56 Å². The number of hydrogen-bond acceptors (Lipinski definition) is 3. The topological polar surface area (TPSA) is 42.4 Å². The number of aliphatic imine (C=N–C) groups is 1. The summed E-state index contributed by atoms with van der Waals surface area (Å²) in [5, 5.41) is 10.9. The number of nitrogens with zero attached hydrogens (tertiary/aromatic N) is 3. The molecule has 0 amide bonds. The molecule has 4 rings (SSSR count). The molecule has 27 heavy (non-hydrogen) atoms. The minimum absolute atomic E-state index is 0.120. The fraction of sp³-hybridized carbons (Fsp3) is 0.143. The molecule has 1 N–H and O–H groups in total. The predicted octanol–water partition coefficient (Wildman–Crippen LogP) is 5.89. The van der Waals surface area contributed by atoms with Crippen molar-refractivity contribution < 1.29 is 5.11 Å². The molecule has 3 aromatic rings. The maximum atomic E-state index is 10.9. The Kier molecular flexibility index (Phi) is 4.40. The molecule has 2 aromatic carbocycles. The third-order valence-corrected chi connectivity index (χ3v) is 5.88. The molecule has 136 valence electrons. The third kappa shape index (κ3) is 2.99. The average molecular weight is 440 g/mol. The summed E-state index contributed by atoms with van der Waals surface area (Å²) in [5.74, 6) is 0.120. The number of fused-ring (bicyclic) bond motifs is 1. The number of aromatic hydroxyl groups is 1. The molecule has 0 unspecified atom stereocenters. The van der Waals surface area contributed by atoms with Gasteiger partial charge in [-0.1, -0.05) is 22.0 Å². The van der Waals surface area contributed by atoms with Gasteiger partial charge in [0.25, 0.3) is 0 Å². The number of halogens is 1. The van der Waals surface area contributed by atoms with Gasteiger partial charge in [0.1, 0.15) is 5.69 Å². The molecular weight excluding hydrogens is 422 g/mol. The van der Waals surface area contributed by atoms with Crippen molar-refractivity contribution in [1.82, 2.24) is 9.13 Å². The SMILES string of the molecule is Cc1ccc(-n2c(O)c(C=C3C=Nc4ccc(Br)cc43)n(C)c2=S)cc1C. The van der Waals surface area contributed by atoms with Crippen LogP contribution >= 0.6 is 28.1 Å². The van der Waals surface area contributed by atoms with Gasteiger partial charge in [-0.2, -0.15) is 0 Å². The van der Waals surface area contributed by atoms with Crippen LogP contribution in [0.15, 0.2) is 45.9 Å². The van der Waals surface area contributed by atoms with Crippen LogP contribution < -0.4 is 0 Å². The number of hydrogen-bond donors (Lipinski definition) is 1. The van der Waals surface area contributed by atoms with E-state index in [4.69, 9.17) is 12.2 Å². The summed E-state index contributed by atoms with van der Waals surface area (Å²) in [6.07, 6.45) is 3.73. The normalized spacial score (nSPS) is 14.1. The molecule has 1 aromatic heterocycles. The van der Waals surface area contributed by atoms with Gasteiger partial charge >= 0.3 is 0 Å². The van der Waals surface area contributed by atoms with Gasteiger partial charge in [-0.3, -0.25) is 9.56 Å². The van der Waals surface area contributed by atoms with E-state index in [-0.39, 0.29) is 5.88 Å². The number of imidazole rings is 1. The van der Waals surface area contributed by atoms with Crippen LogP contribution in [0, 0.1) is 18.6 Å². The van der Waals surface area contributed by atoms with Crippen molar-refractivity contribution in [3.05, 3.63) is 68.0 Å². The van der Waals surface area contributed by atoms with Gasteiger partial charge in [-0.15, -0.1) is 0 Å². The molecule has 0 saturated heterocycles. The summed E-state index contributed by atoms with van der Waals surface area (Å²) in [4.78, 5) is 4.45. The van der Waals surface area contributed by atoms with E-state index in [9.17, 15) is 5.11 Å². The fourth-order valence-corrected chi connectivity index (χ4v) is 3.84. The highest BCUT2D eigenvalue weighted by Crippen LogP contribution is 2.36. The van der Waals surface area contributed by atoms with Crippen LogP contribution in [0.2, 0.25) is 0 Å². The van der Waals surface area contributed by atoms with E-state index in [0.717, 1.165) is 32.5 Å². The van der Waals surface area contributed by atoms with E-state index in [2.05, 4.69) is 34.8 Å². The summed E-state index contributed by atoms with van der Waals surface area (Å²) in [6.45, 7) is 4.11. The smallest absolute Gasteiger partial charge is 0.222 e. The van der Waals surface area contributed by atoms with Crippen LogP contribution in [0.4, 0.5) is 5.69 Å². The summed E-state index contributed by atoms with van der Waals surface area (Å²) in [7, 11) is 1.86. The van der Waals surface area contributed by atoms with Crippen molar-refractivity contribution in [2.45, 2.75) is 13.8 Å². The Labute approximate surface area is 171 Å². The van der Waals surface area contributed by atoms with E-state index >= 15 is 0 Å². The molecule has 1 aliphatic heterocycles. The molecule has 0 radical (unpaired) electrons. The first-order chi connectivity index (χ1) is 12.9. The van der Waals surface area contributed by atoms with Crippen molar-refractivity contribution >= 4 is 51.7 Å². The van der Waals surface area contributed by atoms with Gasteiger partial charge in [0.2, 0.25) is 5.88 Å². The highest BCUT2D eigenvalue weighted by Gasteiger charge is 2.18. The first kappa shape index (κ1) is 17.9. The Morgan fingerprint density at radius 2 is 1.89 bits per heavy atom. The largest absolute Gasteiger partial charge is 0.493 e. The lowest BCUT2D eigenvalue weighted by molar-refractivity contribution is 0.440. The number of allylic oxidation sites excluding steroid dienone is 1. The minimum Gasteiger partial charge on any atom is -0.493 e. The maximum Gasteiger partial charge on any atom is 0.222 e. The van der Waals surface area contributed by atoms with Crippen LogP contribution in [0.3, 0.4) is 0 Å². The van der Waals surface area contributed by atoms with E-state index < -0.39 is 0 Å². The Hall–Kier alpha value is -2.44. The molecule has 0 fully saturated rings. The van der Waals surface area contributed by atoms with Crippen molar-refractivity contribution in [3.8, 4) is 11.6 Å². The lowest BCUT2D eigenvalue weighted by Crippen LogP contribution is -1.97. The van der Waals surface area contributed by atoms with Gasteiger partial charge in [0.15, 0.2) is 4.77 Å². The summed E-state index contributed by atoms with van der Waals surface area (Å²) < 4.78 is 5.04. The number of aromatic nitrogens is 2. The van der Waals surface area contributed by atoms with Crippen molar-refractivity contribution in [3.63, 3.8) is 0 Å². The van der Waals surface area contributed by atoms with E-state index in [1.54, 1.807) is 4.57 Å². The molecule has 0 aliphatic carbocycles. The van der Waals surface area contributed by atoms with Crippen LogP contribution in [-0.4, -0.2) is 20.5 Å². The molecule has 0 saturated carbocycles. The monoisotopic (exact) mass is 439 g/mol. The summed E-state index contributed by atoms with van der Waals surface area (Å²) in [6, 6.07) is 12.0. The number of benzene rings is 2. The summed E-state index contributed by atoms with van der Waals surface area (Å²) >= 11 is 9.10. The van der Waals surface area contributed by atoms with Crippen molar-refractivity contribution in [2.75, 3.05) is 0 Å². The standard InChI is InChI=1S/C21H18BrN3OS/c1-12-4-6-16(8-13(12)2)25-20(26)19(24(3)21(25)27)9-14-11-23-18-7-5-15(22)10-17(14)18/h4-11,26H,1-3H3. The second-order valence-electron chi connectivity index (χ2n) is 6.67. The van der Waals surface area contributed by atoms with Crippen molar-refractivity contribution in [2.24, 2.45) is 12.0 Å². The minimum atomic E-state index is 0.120. The lowest BCUT2D eigenvalue weighted by atomic mass is 10.1. The third-order valence-electron chi connectivity index (χ3n) is 4.93. The maximum absolute atomic E-state index is 10.9. The molecule has 0 bridgehead atoms. The van der Waals surface area contributed by atoms with Crippen LogP contribution in [0.5, 0.6) is 5.88 Å². The number of rotatable bonds is 2. The first-order valence-electron chi connectivity index (χ1n) is 8.51. The Morgan fingerprint density at radius 3 is 2.63 bits per heavy atom. The molecule has 4 nitrogen and oxygen atoms in total. The Morgan fingerprint density at radius 1 is 1.11 bits per heavy atom. The lowest BCUT2D eigenvalue weighted by Gasteiger charge is -2.07. The highest BCUT2D eigenvalue weighted by molar-refractivity contribution is 9.10. The fourth-order valence-electron chi connectivity index (χ4n) is 3.19. The highest BCUT2D eigenvalue weighted by atomic mass is 79.9. The molecule has 0 spiro atoms. The Balaban J connectivity index is 1.88. The van der Waals surface area contributed by atoms with Crippen molar-refractivity contribution in [1.29, 1.82) is 0 Å². The van der Waals surface area contributed by atoms with E-state index in [1.807, 2.05) is 60.3 Å². The zero-order valence-electron chi connectivity index (χ0n) is 15.2. The molecular formula is C21H18BrN3OS. The van der Waals surface area contributed by atoms with E-state index in [0.29, 0.717) is 10.5 Å². The molecule has 6 heteroatoms. The quantitative estimate of drug-likeness (QED) is 0.505. The average Bonchev–Trinajstić information content (AvgIpc) is 3.12. The van der Waals surface area contributed by atoms with Gasteiger partial charge in [0.05, 0.1) is 11.4 Å². The van der Waals surface area contributed by atoms with Gasteiger partial charge < -0.3 is 9.67 Å². The zero-order chi connectivity index (χ0) is 19.3. The second-order valence-corrected chi connectivity index (χ2v) is 7.95. The van der Waals surface area contributed by atoms with Crippen LogP contribution in [0.1, 0.15) is 22.4 Å². The van der Waals surface area contributed by atoms with Gasteiger partial charge in [0, 0.05) is 28.9 Å². The Bertz CT molecular complexity index is 1200. The number of aryl methyl sites for hydroxylation is 2. The van der Waals surface area contributed by atoms with Crippen LogP contribution in [-0.2, 0) is 7.05 Å². The molecule has 2 heterocycles. The first-order valence-corrected chi connectivity index (χ1v) is 9.71. The molecule has 1 aliphatic rings. The van der Waals surface area contributed by atoms with Gasteiger partial charge in [-0.25, -0.2) is 0 Å².